The highest BCUT2D eigenvalue weighted by atomic mass is 32.2. The van der Waals surface area contributed by atoms with Crippen molar-refractivity contribution in [2.24, 2.45) is 0 Å². The number of ketones is 1. The third kappa shape index (κ3) is 2.22. The van der Waals surface area contributed by atoms with Crippen LogP contribution < -0.4 is 0 Å². The molecule has 3 nitrogen and oxygen atoms in total. The smallest absolute Gasteiger partial charge is 0.159 e. The van der Waals surface area contributed by atoms with E-state index in [4.69, 9.17) is 0 Å². The summed E-state index contributed by atoms with van der Waals surface area (Å²) in [6.45, 7) is 1.51. The van der Waals surface area contributed by atoms with Crippen LogP contribution in [0.5, 0.6) is 0 Å². The monoisotopic (exact) mass is 236 g/mol. The van der Waals surface area contributed by atoms with E-state index in [1.54, 1.807) is 30.3 Å². The molecule has 0 unspecified atom stereocenters. The van der Waals surface area contributed by atoms with Gasteiger partial charge in [0.1, 0.15) is 0 Å². The number of Topliss-reactive ketones (excluding diaryl/α,β-unsaturated/α-hetero) is 1. The molecule has 0 atom stereocenters. The van der Waals surface area contributed by atoms with Gasteiger partial charge in [0.15, 0.2) is 15.6 Å². The lowest BCUT2D eigenvalue weighted by atomic mass is 10.0. The lowest BCUT2D eigenvalue weighted by Crippen LogP contribution is -2.02. The van der Waals surface area contributed by atoms with E-state index in [0.717, 1.165) is 11.1 Å². The predicted molar refractivity (Wildman–Crippen MR) is 63.1 cm³/mol. The Labute approximate surface area is 94.7 Å². The van der Waals surface area contributed by atoms with E-state index in [-0.39, 0.29) is 17.3 Å². The van der Waals surface area contributed by atoms with Crippen molar-refractivity contribution >= 4 is 21.2 Å². The van der Waals surface area contributed by atoms with Crippen LogP contribution in [-0.4, -0.2) is 25.7 Å². The highest BCUT2D eigenvalue weighted by molar-refractivity contribution is 7.92. The minimum Gasteiger partial charge on any atom is -0.295 e. The van der Waals surface area contributed by atoms with Crippen molar-refractivity contribution < 1.29 is 13.2 Å². The topological polar surface area (TPSA) is 51.2 Å². The van der Waals surface area contributed by atoms with Gasteiger partial charge in [0.2, 0.25) is 0 Å². The van der Waals surface area contributed by atoms with Gasteiger partial charge >= 0.3 is 0 Å². The Kier molecular flexibility index (Phi) is 2.68. The van der Waals surface area contributed by atoms with Gasteiger partial charge < -0.3 is 0 Å². The summed E-state index contributed by atoms with van der Waals surface area (Å²) in [6.07, 6.45) is 1.73. The van der Waals surface area contributed by atoms with E-state index in [1.165, 1.54) is 6.92 Å². The first-order chi connectivity index (χ1) is 7.48. The van der Waals surface area contributed by atoms with Gasteiger partial charge in [0.05, 0.1) is 11.5 Å². The predicted octanol–water partition coefficient (Wildman–Crippen LogP) is 1.70. The van der Waals surface area contributed by atoms with Gasteiger partial charge in [-0.25, -0.2) is 8.42 Å². The van der Waals surface area contributed by atoms with Gasteiger partial charge in [-0.1, -0.05) is 30.3 Å². The molecule has 1 aliphatic rings. The summed E-state index contributed by atoms with van der Waals surface area (Å²) >= 11 is 0. The minimum absolute atomic E-state index is 0.0135. The zero-order valence-corrected chi connectivity index (χ0v) is 9.75. The number of hydrogen-bond donors (Lipinski definition) is 0. The molecule has 0 saturated heterocycles. The zero-order chi connectivity index (χ0) is 11.8. The van der Waals surface area contributed by atoms with E-state index in [0.29, 0.717) is 5.56 Å². The standard InChI is InChI=1S/C12H12O3S/c1-9(13)10-2-4-11(5-3-10)12-6-7-16(14,15)8-12/h2-6H,7-8H2,1H3. The number of sulfone groups is 1. The van der Waals surface area contributed by atoms with E-state index in [9.17, 15) is 13.2 Å². The molecule has 1 aromatic rings. The van der Waals surface area contributed by atoms with Crippen molar-refractivity contribution in [3.8, 4) is 0 Å². The Morgan fingerprint density at radius 2 is 1.81 bits per heavy atom. The second-order valence-corrected chi connectivity index (χ2v) is 6.03. The summed E-state index contributed by atoms with van der Waals surface area (Å²) < 4.78 is 22.6. The van der Waals surface area contributed by atoms with Crippen LogP contribution in [-0.2, 0) is 9.84 Å². The molecule has 1 heterocycles. The average molecular weight is 236 g/mol. The number of rotatable bonds is 2. The van der Waals surface area contributed by atoms with Crippen molar-refractivity contribution in [2.75, 3.05) is 11.5 Å². The fourth-order valence-electron chi connectivity index (χ4n) is 1.70. The number of benzene rings is 1. The van der Waals surface area contributed by atoms with Gasteiger partial charge in [-0.15, -0.1) is 0 Å². The molecule has 16 heavy (non-hydrogen) atoms. The molecular formula is C12H12O3S. The first-order valence-corrected chi connectivity index (χ1v) is 6.81. The van der Waals surface area contributed by atoms with Crippen molar-refractivity contribution in [3.05, 3.63) is 41.5 Å². The van der Waals surface area contributed by atoms with Crippen LogP contribution in [0.1, 0.15) is 22.8 Å². The molecule has 0 bridgehead atoms. The van der Waals surface area contributed by atoms with Gasteiger partial charge in [-0.2, -0.15) is 0 Å². The first kappa shape index (κ1) is 11.1. The highest BCUT2D eigenvalue weighted by Crippen LogP contribution is 2.22. The van der Waals surface area contributed by atoms with Crippen molar-refractivity contribution in [1.82, 2.24) is 0 Å². The second kappa shape index (κ2) is 3.87. The Bertz CT molecular complexity index is 550. The molecule has 0 aromatic heterocycles. The Balaban J connectivity index is 2.27. The fourth-order valence-corrected chi connectivity index (χ4v) is 3.03. The summed E-state index contributed by atoms with van der Waals surface area (Å²) in [6, 6.07) is 7.04. The van der Waals surface area contributed by atoms with Gasteiger partial charge in [-0.3, -0.25) is 4.79 Å². The summed E-state index contributed by atoms with van der Waals surface area (Å²) in [5, 5.41) is 0. The molecule has 0 spiro atoms. The van der Waals surface area contributed by atoms with Crippen LogP contribution in [0.4, 0.5) is 0 Å². The third-order valence-corrected chi connectivity index (χ3v) is 4.05. The molecule has 1 aliphatic heterocycles. The SMILES string of the molecule is CC(=O)c1ccc(C2=CCS(=O)(=O)C2)cc1. The largest absolute Gasteiger partial charge is 0.295 e. The quantitative estimate of drug-likeness (QED) is 0.734. The molecule has 0 N–H and O–H groups in total. The van der Waals surface area contributed by atoms with Crippen LogP contribution in [0, 0.1) is 0 Å². The van der Waals surface area contributed by atoms with E-state index < -0.39 is 9.84 Å². The molecule has 2 rings (SSSR count). The second-order valence-electron chi connectivity index (χ2n) is 3.92. The molecule has 4 heteroatoms. The molecule has 1 aromatic carbocycles. The Hall–Kier alpha value is -1.42. The molecule has 0 amide bonds. The zero-order valence-electron chi connectivity index (χ0n) is 8.93. The average Bonchev–Trinajstić information content (AvgIpc) is 2.59. The maximum atomic E-state index is 11.3. The third-order valence-electron chi connectivity index (χ3n) is 2.62. The lowest BCUT2D eigenvalue weighted by Gasteiger charge is -2.02. The molecule has 0 aliphatic carbocycles. The van der Waals surface area contributed by atoms with Crippen LogP contribution >= 0.6 is 0 Å². The molecule has 0 saturated carbocycles. The van der Waals surface area contributed by atoms with Gasteiger partial charge in [0.25, 0.3) is 0 Å². The minimum atomic E-state index is -2.93. The van der Waals surface area contributed by atoms with Crippen LogP contribution in [0.3, 0.4) is 0 Å². The summed E-state index contributed by atoms with van der Waals surface area (Å²) in [7, 11) is -2.93. The molecule has 0 radical (unpaired) electrons. The number of hydrogen-bond acceptors (Lipinski definition) is 3. The summed E-state index contributed by atoms with van der Waals surface area (Å²) in [5.41, 5.74) is 2.35. The van der Waals surface area contributed by atoms with Crippen molar-refractivity contribution in [1.29, 1.82) is 0 Å². The van der Waals surface area contributed by atoms with Crippen molar-refractivity contribution in [2.45, 2.75) is 6.92 Å². The summed E-state index contributed by atoms with van der Waals surface area (Å²) in [5.74, 6) is 0.239. The number of carbonyl (C=O) groups excluding carboxylic acids is 1. The molecule has 84 valence electrons. The summed E-state index contributed by atoms with van der Waals surface area (Å²) in [4.78, 5) is 11.1. The van der Waals surface area contributed by atoms with E-state index in [2.05, 4.69) is 0 Å². The van der Waals surface area contributed by atoms with E-state index in [1.807, 2.05) is 0 Å². The van der Waals surface area contributed by atoms with Gasteiger partial charge in [-0.05, 0) is 18.1 Å². The van der Waals surface area contributed by atoms with Crippen LogP contribution in [0.2, 0.25) is 0 Å². The maximum Gasteiger partial charge on any atom is 0.159 e. The Morgan fingerprint density at radius 1 is 1.19 bits per heavy atom. The maximum absolute atomic E-state index is 11.3. The fraction of sp³-hybridized carbons (Fsp3) is 0.250. The van der Waals surface area contributed by atoms with Crippen molar-refractivity contribution in [3.63, 3.8) is 0 Å². The first-order valence-electron chi connectivity index (χ1n) is 4.99. The molecular weight excluding hydrogens is 224 g/mol. The molecule has 0 fully saturated rings. The highest BCUT2D eigenvalue weighted by Gasteiger charge is 2.20. The van der Waals surface area contributed by atoms with Crippen LogP contribution in [0.25, 0.3) is 5.57 Å². The lowest BCUT2D eigenvalue weighted by molar-refractivity contribution is 0.101. The van der Waals surface area contributed by atoms with Gasteiger partial charge in [0, 0.05) is 5.56 Å². The van der Waals surface area contributed by atoms with E-state index >= 15 is 0 Å². The number of carbonyl (C=O) groups is 1. The normalized spacial score (nSPS) is 18.2. The Morgan fingerprint density at radius 3 is 2.25 bits per heavy atom. The van der Waals surface area contributed by atoms with Crippen LogP contribution in [0.15, 0.2) is 30.3 Å².